The van der Waals surface area contributed by atoms with E-state index in [4.69, 9.17) is 10.5 Å². The van der Waals surface area contributed by atoms with Crippen LogP contribution in [0, 0.1) is 0 Å². The van der Waals surface area contributed by atoms with Gasteiger partial charge in [0, 0.05) is 16.7 Å². The fourth-order valence-electron chi connectivity index (χ4n) is 4.34. The van der Waals surface area contributed by atoms with Crippen LogP contribution >= 0.6 is 0 Å². The van der Waals surface area contributed by atoms with Crippen molar-refractivity contribution < 1.29 is 22.7 Å². The van der Waals surface area contributed by atoms with E-state index >= 15 is 0 Å². The first kappa shape index (κ1) is 21.5. The van der Waals surface area contributed by atoms with E-state index in [9.17, 15) is 18.0 Å². The highest BCUT2D eigenvalue weighted by atomic mass is 19.4. The predicted molar refractivity (Wildman–Crippen MR) is 119 cm³/mol. The number of hydrogen-bond acceptors (Lipinski definition) is 4. The lowest BCUT2D eigenvalue weighted by Crippen LogP contribution is -2.44. The third-order valence-electron chi connectivity index (χ3n) is 6.29. The maximum Gasteiger partial charge on any atom is 0.406 e. The van der Waals surface area contributed by atoms with Crippen LogP contribution in [0.15, 0.2) is 60.7 Å². The quantitative estimate of drug-likeness (QED) is 0.601. The number of alkyl halides is 3. The van der Waals surface area contributed by atoms with Gasteiger partial charge < -0.3 is 10.5 Å². The van der Waals surface area contributed by atoms with E-state index in [1.165, 1.54) is 0 Å². The molecule has 5 nitrogen and oxygen atoms in total. The molecule has 170 valence electrons. The van der Waals surface area contributed by atoms with E-state index in [-0.39, 0.29) is 17.1 Å². The first-order valence-corrected chi connectivity index (χ1v) is 10.7. The largest absolute Gasteiger partial charge is 0.466 e. The number of ether oxygens (including phenoxy) is 1. The van der Waals surface area contributed by atoms with Gasteiger partial charge in [0.1, 0.15) is 12.2 Å². The predicted octanol–water partition coefficient (Wildman–Crippen LogP) is 5.04. The normalized spacial score (nSPS) is 17.2. The summed E-state index contributed by atoms with van der Waals surface area (Å²) < 4.78 is 45.0. The summed E-state index contributed by atoms with van der Waals surface area (Å²) in [6, 6.07) is 18.6. The van der Waals surface area contributed by atoms with Crippen molar-refractivity contribution in [1.29, 1.82) is 0 Å². The van der Waals surface area contributed by atoms with E-state index in [0.717, 1.165) is 36.0 Å². The van der Waals surface area contributed by atoms with Crippen LogP contribution in [-0.2, 0) is 10.3 Å². The minimum absolute atomic E-state index is 0.00638. The van der Waals surface area contributed by atoms with Gasteiger partial charge >= 0.3 is 6.18 Å². The van der Waals surface area contributed by atoms with Crippen molar-refractivity contribution in [1.82, 2.24) is 4.98 Å². The molecule has 2 aliphatic rings. The molecule has 0 atom stereocenters. The number of carbonyl (C=O) groups is 1. The molecule has 0 saturated heterocycles. The Bertz CT molecular complexity index is 1190. The Labute approximate surface area is 189 Å². The number of hydrogen-bond donors (Lipinski definition) is 1. The molecule has 1 fully saturated rings. The number of rotatable bonds is 4. The molecular formula is C25H22F3N3O2. The lowest BCUT2D eigenvalue weighted by Gasteiger charge is -2.38. The highest BCUT2D eigenvalue weighted by Gasteiger charge is 2.38. The van der Waals surface area contributed by atoms with Crippen LogP contribution in [0.3, 0.4) is 0 Å². The van der Waals surface area contributed by atoms with Crippen LogP contribution in [0.4, 0.5) is 18.9 Å². The molecule has 8 heteroatoms. The zero-order valence-electron chi connectivity index (χ0n) is 17.7. The summed E-state index contributed by atoms with van der Waals surface area (Å²) in [5, 5.41) is 0. The fraction of sp³-hybridized carbons (Fsp3) is 0.280. The maximum absolute atomic E-state index is 13.2. The summed E-state index contributed by atoms with van der Waals surface area (Å²) in [6.45, 7) is -1.89. The lowest BCUT2D eigenvalue weighted by molar-refractivity contribution is -0.134. The van der Waals surface area contributed by atoms with Crippen LogP contribution in [0.5, 0.6) is 5.88 Å². The molecule has 0 bridgehead atoms. The molecule has 2 aromatic carbocycles. The fourth-order valence-corrected chi connectivity index (χ4v) is 4.34. The molecule has 1 aliphatic carbocycles. The average Bonchev–Trinajstić information content (AvgIpc) is 2.78. The van der Waals surface area contributed by atoms with Crippen molar-refractivity contribution >= 4 is 11.6 Å². The third kappa shape index (κ3) is 4.06. The standard InChI is InChI=1S/C25H22F3N3O2/c26-25(27,28)15-31-20-13-19(16-5-2-1-3-6-16)22(30-23(20)33-14-21(31)32)17-7-9-18(10-8-17)24(29)11-4-12-24/h1-3,5-10,13H,4,11-12,14-15,29H2. The highest BCUT2D eigenvalue weighted by molar-refractivity contribution is 5.99. The smallest absolute Gasteiger partial charge is 0.406 e. The van der Waals surface area contributed by atoms with Gasteiger partial charge in [-0.2, -0.15) is 13.2 Å². The molecule has 2 N–H and O–H groups in total. The number of amides is 1. The molecule has 0 unspecified atom stereocenters. The van der Waals surface area contributed by atoms with E-state index in [1.807, 2.05) is 54.6 Å². The molecule has 33 heavy (non-hydrogen) atoms. The van der Waals surface area contributed by atoms with Crippen LogP contribution in [-0.4, -0.2) is 30.2 Å². The van der Waals surface area contributed by atoms with Crippen molar-refractivity contribution in [2.24, 2.45) is 5.73 Å². The van der Waals surface area contributed by atoms with Crippen molar-refractivity contribution in [3.63, 3.8) is 0 Å². The monoisotopic (exact) mass is 453 g/mol. The number of aromatic nitrogens is 1. The summed E-state index contributed by atoms with van der Waals surface area (Å²) >= 11 is 0. The molecule has 1 aliphatic heterocycles. The third-order valence-corrected chi connectivity index (χ3v) is 6.29. The van der Waals surface area contributed by atoms with Crippen molar-refractivity contribution in [3.8, 4) is 28.3 Å². The first-order valence-electron chi connectivity index (χ1n) is 10.7. The van der Waals surface area contributed by atoms with Gasteiger partial charge in [-0.05, 0) is 36.5 Å². The summed E-state index contributed by atoms with van der Waals surface area (Å²) in [7, 11) is 0. The maximum atomic E-state index is 13.2. The van der Waals surface area contributed by atoms with E-state index in [0.29, 0.717) is 16.2 Å². The summed E-state index contributed by atoms with van der Waals surface area (Å²) in [5.41, 5.74) is 9.93. The Balaban J connectivity index is 1.63. The van der Waals surface area contributed by atoms with Gasteiger partial charge in [-0.25, -0.2) is 4.98 Å². The molecule has 1 amide bonds. The SMILES string of the molecule is NC1(c2ccc(-c3nc4c(cc3-c3ccccc3)N(CC(F)(F)F)C(=O)CO4)cc2)CCC1. The Hall–Kier alpha value is -3.39. The van der Waals surface area contributed by atoms with Crippen molar-refractivity contribution in [2.45, 2.75) is 31.0 Å². The number of nitrogens with two attached hydrogens (primary N) is 1. The minimum Gasteiger partial charge on any atom is -0.466 e. The molecular weight excluding hydrogens is 431 g/mol. The topological polar surface area (TPSA) is 68.5 Å². The Morgan fingerprint density at radius 2 is 1.73 bits per heavy atom. The van der Waals surface area contributed by atoms with Crippen molar-refractivity contribution in [2.75, 3.05) is 18.1 Å². The number of pyridine rings is 1. The molecule has 2 heterocycles. The zero-order chi connectivity index (χ0) is 23.2. The van der Waals surface area contributed by atoms with Crippen LogP contribution in [0.2, 0.25) is 0 Å². The Morgan fingerprint density at radius 3 is 2.33 bits per heavy atom. The number of benzene rings is 2. The summed E-state index contributed by atoms with van der Waals surface area (Å²) in [5.74, 6) is -0.752. The number of halogens is 3. The van der Waals surface area contributed by atoms with Crippen molar-refractivity contribution in [3.05, 3.63) is 66.2 Å². The van der Waals surface area contributed by atoms with Gasteiger partial charge in [-0.3, -0.25) is 9.69 Å². The van der Waals surface area contributed by atoms with Gasteiger partial charge in [0.2, 0.25) is 5.88 Å². The molecule has 0 spiro atoms. The lowest BCUT2D eigenvalue weighted by atomic mass is 9.72. The Kier molecular flexibility index (Phi) is 5.12. The van der Waals surface area contributed by atoms with E-state index in [1.54, 1.807) is 6.07 Å². The molecule has 3 aromatic rings. The van der Waals surface area contributed by atoms with E-state index < -0.39 is 25.2 Å². The molecule has 1 saturated carbocycles. The number of nitrogens with zero attached hydrogens (tertiary/aromatic N) is 2. The highest BCUT2D eigenvalue weighted by Crippen LogP contribution is 2.42. The second kappa shape index (κ2) is 7.88. The van der Waals surface area contributed by atoms with Crippen LogP contribution < -0.4 is 15.4 Å². The van der Waals surface area contributed by atoms with Crippen LogP contribution in [0.1, 0.15) is 24.8 Å². The second-order valence-corrected chi connectivity index (χ2v) is 8.55. The first-order chi connectivity index (χ1) is 15.7. The summed E-state index contributed by atoms with van der Waals surface area (Å²) in [6.07, 6.45) is -1.57. The zero-order valence-corrected chi connectivity index (χ0v) is 17.7. The van der Waals surface area contributed by atoms with Crippen LogP contribution in [0.25, 0.3) is 22.4 Å². The Morgan fingerprint density at radius 1 is 1.03 bits per heavy atom. The van der Waals surface area contributed by atoms with Gasteiger partial charge in [-0.15, -0.1) is 0 Å². The minimum atomic E-state index is -4.55. The molecule has 5 rings (SSSR count). The number of anilines is 1. The van der Waals surface area contributed by atoms with Gasteiger partial charge in [-0.1, -0.05) is 54.6 Å². The van der Waals surface area contributed by atoms with Gasteiger partial charge in [0.25, 0.3) is 5.91 Å². The average molecular weight is 453 g/mol. The number of carbonyl (C=O) groups excluding carboxylic acids is 1. The summed E-state index contributed by atoms with van der Waals surface area (Å²) in [4.78, 5) is 17.5. The second-order valence-electron chi connectivity index (χ2n) is 8.55. The van der Waals surface area contributed by atoms with Gasteiger partial charge in [0.15, 0.2) is 6.61 Å². The molecule has 1 aromatic heterocycles. The van der Waals surface area contributed by atoms with E-state index in [2.05, 4.69) is 4.98 Å². The van der Waals surface area contributed by atoms with Gasteiger partial charge in [0.05, 0.1) is 5.69 Å². The molecule has 0 radical (unpaired) electrons. The number of fused-ring (bicyclic) bond motifs is 1.